The number of aromatic nitrogens is 2. The predicted octanol–water partition coefficient (Wildman–Crippen LogP) is 6.04. The van der Waals surface area contributed by atoms with Crippen LogP contribution in [0.1, 0.15) is 84.5 Å². The van der Waals surface area contributed by atoms with E-state index >= 15 is 0 Å². The molecule has 2 aromatic rings. The first-order valence-corrected chi connectivity index (χ1v) is 13.4. The second-order valence-electron chi connectivity index (χ2n) is 8.03. The summed E-state index contributed by atoms with van der Waals surface area (Å²) < 4.78 is 33.0. The molecule has 0 radical (unpaired) electrons. The van der Waals surface area contributed by atoms with Gasteiger partial charge < -0.3 is 0 Å². The lowest BCUT2D eigenvalue weighted by molar-refractivity contribution is -0.693. The standard InChI is InChI=1S/C19H32O3S.C6H11N2/c1-2-3-4-5-6-7-8-9-10-11-15-18-22-23(20,21)19-16-13-12-14-17-19;1-3-8-5-4-7(2)6-8/h12-14,16-17H,2-11,15,18H2,1H3;4-6H,3H2,1-2H3/q;+1. The van der Waals surface area contributed by atoms with Gasteiger partial charge in [0, 0.05) is 0 Å². The molecule has 0 saturated carbocycles. The molecule has 0 amide bonds. The van der Waals surface area contributed by atoms with Crippen LogP contribution >= 0.6 is 0 Å². The highest BCUT2D eigenvalue weighted by Crippen LogP contribution is 2.14. The van der Waals surface area contributed by atoms with E-state index in [4.69, 9.17) is 4.18 Å². The van der Waals surface area contributed by atoms with Crippen LogP contribution in [-0.2, 0) is 27.9 Å². The highest BCUT2D eigenvalue weighted by atomic mass is 32.2. The van der Waals surface area contributed by atoms with E-state index < -0.39 is 10.1 Å². The smallest absolute Gasteiger partial charge is 0.266 e. The summed E-state index contributed by atoms with van der Waals surface area (Å²) in [5, 5.41) is 0. The summed E-state index contributed by atoms with van der Waals surface area (Å²) in [6, 6.07) is 8.34. The van der Waals surface area contributed by atoms with Gasteiger partial charge in [0.15, 0.2) is 0 Å². The van der Waals surface area contributed by atoms with Gasteiger partial charge in [-0.25, -0.2) is 9.13 Å². The SMILES string of the molecule is CCCCCCCCCCCCCOS(=O)(=O)c1ccccc1.CC[n+]1ccn(C)c1. The van der Waals surface area contributed by atoms with Gasteiger partial charge in [0.2, 0.25) is 6.33 Å². The number of benzene rings is 1. The maximum Gasteiger partial charge on any atom is 0.296 e. The van der Waals surface area contributed by atoms with Crippen LogP contribution < -0.4 is 4.57 Å². The predicted molar refractivity (Wildman–Crippen MR) is 127 cm³/mol. The van der Waals surface area contributed by atoms with E-state index in [9.17, 15) is 8.42 Å². The van der Waals surface area contributed by atoms with E-state index in [1.807, 2.05) is 17.8 Å². The van der Waals surface area contributed by atoms with E-state index in [1.165, 1.54) is 57.8 Å². The van der Waals surface area contributed by atoms with Crippen molar-refractivity contribution in [3.63, 3.8) is 0 Å². The number of hydrogen-bond donors (Lipinski definition) is 0. The maximum absolute atomic E-state index is 11.9. The summed E-state index contributed by atoms with van der Waals surface area (Å²) in [5.74, 6) is 0. The molecule has 0 unspecified atom stereocenters. The Bertz CT molecular complexity index is 773. The van der Waals surface area contributed by atoms with Crippen molar-refractivity contribution < 1.29 is 17.2 Å². The summed E-state index contributed by atoms with van der Waals surface area (Å²) in [4.78, 5) is 0.239. The van der Waals surface area contributed by atoms with Crippen molar-refractivity contribution in [2.24, 2.45) is 7.05 Å². The molecule has 1 heterocycles. The number of nitrogens with zero attached hydrogens (tertiary/aromatic N) is 2. The van der Waals surface area contributed by atoms with Crippen LogP contribution in [0.5, 0.6) is 0 Å². The summed E-state index contributed by atoms with van der Waals surface area (Å²) in [7, 11) is -1.55. The van der Waals surface area contributed by atoms with Gasteiger partial charge in [-0.15, -0.1) is 0 Å². The highest BCUT2D eigenvalue weighted by molar-refractivity contribution is 7.86. The van der Waals surface area contributed by atoms with Gasteiger partial charge in [0.1, 0.15) is 12.4 Å². The number of imidazole rings is 1. The van der Waals surface area contributed by atoms with Crippen LogP contribution in [0, 0.1) is 0 Å². The number of hydrogen-bond acceptors (Lipinski definition) is 3. The second-order valence-corrected chi connectivity index (χ2v) is 9.65. The molecule has 176 valence electrons. The van der Waals surface area contributed by atoms with Crippen LogP contribution in [-0.4, -0.2) is 19.6 Å². The van der Waals surface area contributed by atoms with Gasteiger partial charge in [-0.05, 0) is 25.5 Å². The van der Waals surface area contributed by atoms with Crippen molar-refractivity contribution in [3.8, 4) is 0 Å². The summed E-state index contributed by atoms with van der Waals surface area (Å²) in [5.41, 5.74) is 0. The van der Waals surface area contributed by atoms with E-state index in [1.54, 1.807) is 30.3 Å². The fraction of sp³-hybridized carbons (Fsp3) is 0.640. The molecule has 0 aliphatic heterocycles. The van der Waals surface area contributed by atoms with Crippen molar-refractivity contribution >= 4 is 10.1 Å². The minimum Gasteiger partial charge on any atom is -0.266 e. The van der Waals surface area contributed by atoms with Crippen molar-refractivity contribution in [1.29, 1.82) is 0 Å². The van der Waals surface area contributed by atoms with Gasteiger partial charge in [-0.2, -0.15) is 8.42 Å². The lowest BCUT2D eigenvalue weighted by Crippen LogP contribution is -2.28. The molecule has 0 N–H and O–H groups in total. The summed E-state index contributed by atoms with van der Waals surface area (Å²) >= 11 is 0. The molecule has 0 fully saturated rings. The molecule has 0 spiro atoms. The molecular weight excluding hydrogens is 408 g/mol. The number of unbranched alkanes of at least 4 members (excludes halogenated alkanes) is 10. The molecule has 31 heavy (non-hydrogen) atoms. The zero-order valence-corrected chi connectivity index (χ0v) is 20.7. The topological polar surface area (TPSA) is 52.2 Å². The molecule has 0 atom stereocenters. The molecule has 5 nitrogen and oxygen atoms in total. The van der Waals surface area contributed by atoms with Crippen LogP contribution in [0.25, 0.3) is 0 Å². The average molecular weight is 452 g/mol. The fourth-order valence-corrected chi connectivity index (χ4v) is 4.24. The Morgan fingerprint density at radius 1 is 0.839 bits per heavy atom. The third-order valence-electron chi connectivity index (χ3n) is 5.21. The first-order chi connectivity index (χ1) is 15.0. The normalized spacial score (nSPS) is 11.2. The Hall–Kier alpha value is -1.66. The van der Waals surface area contributed by atoms with Gasteiger partial charge in [-0.1, -0.05) is 89.3 Å². The molecule has 1 aromatic heterocycles. The lowest BCUT2D eigenvalue weighted by Gasteiger charge is -2.05. The van der Waals surface area contributed by atoms with E-state index in [-0.39, 0.29) is 11.5 Å². The molecule has 0 aliphatic rings. The Morgan fingerprint density at radius 2 is 1.39 bits per heavy atom. The number of rotatable bonds is 15. The van der Waals surface area contributed by atoms with Crippen molar-refractivity contribution in [1.82, 2.24) is 4.57 Å². The van der Waals surface area contributed by atoms with Crippen molar-refractivity contribution in [2.45, 2.75) is 95.9 Å². The Labute approximate surface area is 190 Å². The Kier molecular flexibility index (Phi) is 15.0. The van der Waals surface area contributed by atoms with Crippen molar-refractivity contribution in [2.75, 3.05) is 6.61 Å². The van der Waals surface area contributed by atoms with Crippen LogP contribution in [0.3, 0.4) is 0 Å². The second kappa shape index (κ2) is 17.0. The highest BCUT2D eigenvalue weighted by Gasteiger charge is 2.13. The molecule has 0 aliphatic carbocycles. The minimum absolute atomic E-state index is 0.239. The third-order valence-corrected chi connectivity index (χ3v) is 6.53. The van der Waals surface area contributed by atoms with E-state index in [0.29, 0.717) is 0 Å². The first kappa shape index (κ1) is 27.4. The summed E-state index contributed by atoms with van der Waals surface area (Å²) in [6.45, 7) is 5.71. The largest absolute Gasteiger partial charge is 0.296 e. The fourth-order valence-electron chi connectivity index (χ4n) is 3.28. The van der Waals surface area contributed by atoms with Gasteiger partial charge in [-0.3, -0.25) is 4.18 Å². The molecule has 6 heteroatoms. The quantitative estimate of drug-likeness (QED) is 0.189. The molecule has 0 bridgehead atoms. The number of aryl methyl sites for hydroxylation is 2. The van der Waals surface area contributed by atoms with Crippen LogP contribution in [0.2, 0.25) is 0 Å². The van der Waals surface area contributed by atoms with Crippen LogP contribution in [0.15, 0.2) is 53.9 Å². The molecular formula is C25H43N2O3S+. The van der Waals surface area contributed by atoms with Gasteiger partial charge in [0.25, 0.3) is 10.1 Å². The first-order valence-electron chi connectivity index (χ1n) is 11.9. The van der Waals surface area contributed by atoms with Gasteiger partial charge >= 0.3 is 0 Å². The average Bonchev–Trinajstić information content (AvgIpc) is 3.21. The molecule has 0 saturated heterocycles. The van der Waals surface area contributed by atoms with E-state index in [0.717, 1.165) is 19.4 Å². The minimum atomic E-state index is -3.57. The molecule has 2 rings (SSSR count). The van der Waals surface area contributed by atoms with E-state index in [2.05, 4.69) is 30.9 Å². The monoisotopic (exact) mass is 451 g/mol. The zero-order valence-electron chi connectivity index (χ0n) is 19.8. The Balaban J connectivity index is 0.000000500. The zero-order chi connectivity index (χ0) is 22.8. The van der Waals surface area contributed by atoms with Crippen molar-refractivity contribution in [3.05, 3.63) is 49.1 Å². The van der Waals surface area contributed by atoms with Crippen LogP contribution in [0.4, 0.5) is 0 Å². The third kappa shape index (κ3) is 13.4. The summed E-state index contributed by atoms with van der Waals surface area (Å²) in [6.07, 6.45) is 19.8. The lowest BCUT2D eigenvalue weighted by atomic mass is 10.1. The van der Waals surface area contributed by atoms with Gasteiger partial charge in [0.05, 0.1) is 25.1 Å². The molecule has 1 aromatic carbocycles. The Morgan fingerprint density at radius 3 is 1.84 bits per heavy atom. The maximum atomic E-state index is 11.9.